The number of imidazole rings is 1. The summed E-state index contributed by atoms with van der Waals surface area (Å²) in [6.45, 7) is 0.930. The second-order valence-corrected chi connectivity index (χ2v) is 8.20. The molecule has 0 aliphatic carbocycles. The van der Waals surface area contributed by atoms with Gasteiger partial charge >= 0.3 is 0 Å². The average Bonchev–Trinajstić information content (AvgIpc) is 3.33. The molecule has 5 aromatic rings. The lowest BCUT2D eigenvalue weighted by molar-refractivity contribution is 0.306. The molecule has 2 aromatic heterocycles. The van der Waals surface area contributed by atoms with Crippen LogP contribution in [0.2, 0.25) is 10.0 Å². The van der Waals surface area contributed by atoms with Crippen molar-refractivity contribution in [2.45, 2.75) is 13.2 Å². The number of benzene rings is 3. The third kappa shape index (κ3) is 4.77. The van der Waals surface area contributed by atoms with Crippen molar-refractivity contribution in [3.63, 3.8) is 0 Å². The lowest BCUT2D eigenvalue weighted by Crippen LogP contribution is -2.15. The number of ether oxygens (including phenoxy) is 1. The molecule has 0 aliphatic heterocycles. The van der Waals surface area contributed by atoms with Crippen molar-refractivity contribution in [1.29, 1.82) is 0 Å². The fraction of sp³-hybridized carbons (Fsp3) is 0.0800. The molecule has 6 nitrogen and oxygen atoms in total. The fourth-order valence-corrected chi connectivity index (χ4v) is 3.99. The molecular formula is C25H19Cl2N5O. The number of halogens is 2. The van der Waals surface area contributed by atoms with Crippen LogP contribution in [0.25, 0.3) is 11.2 Å². The Bertz CT molecular complexity index is 1460. The number of hydrogen-bond acceptors (Lipinski definition) is 4. The quantitative estimate of drug-likeness (QED) is 0.331. The van der Waals surface area contributed by atoms with Crippen LogP contribution in [0.1, 0.15) is 11.1 Å². The predicted octanol–water partition coefficient (Wildman–Crippen LogP) is 5.93. The maximum Gasteiger partial charge on any atom is 0.181 e. The summed E-state index contributed by atoms with van der Waals surface area (Å²) in [6, 6.07) is 23.1. The first-order valence-electron chi connectivity index (χ1n) is 10.3. The molecule has 164 valence electrons. The van der Waals surface area contributed by atoms with Crippen LogP contribution in [0, 0.1) is 0 Å². The second kappa shape index (κ2) is 9.48. The molecule has 0 saturated carbocycles. The van der Waals surface area contributed by atoms with Crippen molar-refractivity contribution in [3.8, 4) is 5.75 Å². The molecular weight excluding hydrogens is 457 g/mol. The molecule has 2 heterocycles. The summed E-state index contributed by atoms with van der Waals surface area (Å²) in [6.07, 6.45) is 3.31. The van der Waals surface area contributed by atoms with Gasteiger partial charge in [0.2, 0.25) is 0 Å². The summed E-state index contributed by atoms with van der Waals surface area (Å²) in [4.78, 5) is 16.9. The van der Waals surface area contributed by atoms with E-state index in [0.717, 1.165) is 28.1 Å². The minimum atomic E-state index is 0.440. The Kier molecular flexibility index (Phi) is 6.11. The SMILES string of the molecule is Clc1cccc(Cl)c1Cn1cnc(=Nc2cccc(OCc3ccccc3)c2)c2[nH]cnc21. The summed E-state index contributed by atoms with van der Waals surface area (Å²) < 4.78 is 7.81. The molecule has 8 heteroatoms. The molecule has 3 aromatic carbocycles. The number of fused-ring (bicyclic) bond motifs is 1. The minimum absolute atomic E-state index is 0.440. The zero-order valence-corrected chi connectivity index (χ0v) is 19.0. The van der Waals surface area contributed by atoms with Crippen molar-refractivity contribution in [2.75, 3.05) is 0 Å². The van der Waals surface area contributed by atoms with Crippen LogP contribution in [-0.4, -0.2) is 19.5 Å². The number of H-pyrrole nitrogens is 1. The molecule has 0 atom stereocenters. The summed E-state index contributed by atoms with van der Waals surface area (Å²) in [5.74, 6) is 0.736. The molecule has 0 aliphatic rings. The van der Waals surface area contributed by atoms with Crippen LogP contribution < -0.4 is 10.2 Å². The van der Waals surface area contributed by atoms with E-state index in [2.05, 4.69) is 15.0 Å². The van der Waals surface area contributed by atoms with E-state index in [1.165, 1.54) is 0 Å². The first-order valence-corrected chi connectivity index (χ1v) is 11.1. The van der Waals surface area contributed by atoms with Gasteiger partial charge in [-0.25, -0.2) is 15.0 Å². The van der Waals surface area contributed by atoms with Crippen molar-refractivity contribution in [1.82, 2.24) is 19.5 Å². The smallest absolute Gasteiger partial charge is 0.181 e. The van der Waals surface area contributed by atoms with E-state index >= 15 is 0 Å². The van der Waals surface area contributed by atoms with Crippen LogP contribution in [0.4, 0.5) is 5.69 Å². The van der Waals surface area contributed by atoms with Gasteiger partial charge in [-0.3, -0.25) is 0 Å². The molecule has 1 N–H and O–H groups in total. The van der Waals surface area contributed by atoms with Crippen LogP contribution in [0.3, 0.4) is 0 Å². The van der Waals surface area contributed by atoms with Crippen molar-refractivity contribution >= 4 is 40.1 Å². The number of aromatic nitrogens is 4. The van der Waals surface area contributed by atoms with Gasteiger partial charge in [0.15, 0.2) is 11.1 Å². The molecule has 0 amide bonds. The van der Waals surface area contributed by atoms with Gasteiger partial charge in [-0.2, -0.15) is 0 Å². The summed E-state index contributed by atoms with van der Waals surface area (Å²) in [5, 5.41) is 1.19. The zero-order valence-electron chi connectivity index (χ0n) is 17.5. The van der Waals surface area contributed by atoms with Crippen LogP contribution in [-0.2, 0) is 13.2 Å². The molecule has 0 unspecified atom stereocenters. The number of rotatable bonds is 6. The van der Waals surface area contributed by atoms with E-state index in [9.17, 15) is 0 Å². The highest BCUT2D eigenvalue weighted by molar-refractivity contribution is 6.36. The Hall–Kier alpha value is -3.61. The Labute approximate surface area is 200 Å². The van der Waals surface area contributed by atoms with Gasteiger partial charge in [-0.15, -0.1) is 0 Å². The summed E-state index contributed by atoms with van der Waals surface area (Å²) >= 11 is 12.7. The third-order valence-corrected chi connectivity index (χ3v) is 5.83. The maximum atomic E-state index is 6.35. The normalized spacial score (nSPS) is 11.8. The van der Waals surface area contributed by atoms with E-state index in [-0.39, 0.29) is 0 Å². The van der Waals surface area contributed by atoms with E-state index in [4.69, 9.17) is 32.9 Å². The maximum absolute atomic E-state index is 6.35. The van der Waals surface area contributed by atoms with Crippen molar-refractivity contribution in [3.05, 3.63) is 112 Å². The Balaban J connectivity index is 1.44. The summed E-state index contributed by atoms with van der Waals surface area (Å²) in [5.41, 5.74) is 4.60. The minimum Gasteiger partial charge on any atom is -0.489 e. The Morgan fingerprint density at radius 2 is 1.70 bits per heavy atom. The van der Waals surface area contributed by atoms with Gasteiger partial charge < -0.3 is 14.3 Å². The molecule has 0 fully saturated rings. The third-order valence-electron chi connectivity index (χ3n) is 5.13. The topological polar surface area (TPSA) is 68.1 Å². The van der Waals surface area contributed by atoms with Crippen LogP contribution >= 0.6 is 23.2 Å². The van der Waals surface area contributed by atoms with Crippen molar-refractivity contribution < 1.29 is 4.74 Å². The average molecular weight is 476 g/mol. The lowest BCUT2D eigenvalue weighted by Gasteiger charge is -2.10. The number of nitrogens with zero attached hydrogens (tertiary/aromatic N) is 4. The van der Waals surface area contributed by atoms with E-state index in [1.54, 1.807) is 12.7 Å². The predicted molar refractivity (Wildman–Crippen MR) is 130 cm³/mol. The number of nitrogens with one attached hydrogen (secondary N) is 1. The molecule has 0 bridgehead atoms. The Morgan fingerprint density at radius 3 is 2.52 bits per heavy atom. The van der Waals surface area contributed by atoms with Gasteiger partial charge in [-0.1, -0.05) is 65.7 Å². The summed E-state index contributed by atoms with van der Waals surface area (Å²) in [7, 11) is 0. The van der Waals surface area contributed by atoms with Gasteiger partial charge in [0, 0.05) is 21.7 Å². The highest BCUT2D eigenvalue weighted by Crippen LogP contribution is 2.26. The van der Waals surface area contributed by atoms with Crippen LogP contribution in [0.5, 0.6) is 5.75 Å². The Morgan fingerprint density at radius 1 is 0.909 bits per heavy atom. The van der Waals surface area contributed by atoms with E-state index < -0.39 is 0 Å². The van der Waals surface area contributed by atoms with Crippen LogP contribution in [0.15, 0.2) is 90.4 Å². The zero-order chi connectivity index (χ0) is 22.6. The second-order valence-electron chi connectivity index (χ2n) is 7.38. The number of aromatic amines is 1. The molecule has 0 radical (unpaired) electrons. The van der Waals surface area contributed by atoms with Gasteiger partial charge in [-0.05, 0) is 29.8 Å². The number of hydrogen-bond donors (Lipinski definition) is 1. The first-order chi connectivity index (χ1) is 16.2. The first kappa shape index (κ1) is 21.2. The molecule has 0 spiro atoms. The highest BCUT2D eigenvalue weighted by Gasteiger charge is 2.11. The molecule has 0 saturated heterocycles. The largest absolute Gasteiger partial charge is 0.489 e. The fourth-order valence-electron chi connectivity index (χ4n) is 3.47. The van der Waals surface area contributed by atoms with Crippen molar-refractivity contribution in [2.24, 2.45) is 4.99 Å². The van der Waals surface area contributed by atoms with E-state index in [0.29, 0.717) is 34.3 Å². The highest BCUT2D eigenvalue weighted by atomic mass is 35.5. The van der Waals surface area contributed by atoms with Gasteiger partial charge in [0.05, 0.1) is 24.9 Å². The van der Waals surface area contributed by atoms with Gasteiger partial charge in [0.1, 0.15) is 17.9 Å². The van der Waals surface area contributed by atoms with E-state index in [1.807, 2.05) is 77.4 Å². The molecule has 5 rings (SSSR count). The monoisotopic (exact) mass is 475 g/mol. The standard InChI is InChI=1S/C25H19Cl2N5O/c26-21-10-5-11-22(27)20(21)13-32-16-30-24(23-25(32)29-15-28-23)31-18-8-4-9-19(12-18)33-14-17-6-2-1-3-7-17/h1-12,15-16H,13-14H2,(H,28,29). The van der Waals surface area contributed by atoms with Gasteiger partial charge in [0.25, 0.3) is 0 Å². The lowest BCUT2D eigenvalue weighted by atomic mass is 10.2. The molecule has 33 heavy (non-hydrogen) atoms.